The number of rotatable bonds is 51. The van der Waals surface area contributed by atoms with E-state index in [1.165, 1.54) is 116 Å². The van der Waals surface area contributed by atoms with Crippen LogP contribution in [-0.2, 0) is 28.6 Å². The molecule has 0 saturated heterocycles. The van der Waals surface area contributed by atoms with E-state index in [0.29, 0.717) is 19.3 Å². The summed E-state index contributed by atoms with van der Waals surface area (Å²) >= 11 is 0. The number of allylic oxidation sites excluding steroid dienone is 16. The average Bonchev–Trinajstić information content (AvgIpc) is 3.35. The summed E-state index contributed by atoms with van der Waals surface area (Å²) < 4.78 is 16.8. The first-order valence-corrected chi connectivity index (χ1v) is 28.7. The fraction of sp³-hybridized carbons (Fsp3) is 0.698. The summed E-state index contributed by atoms with van der Waals surface area (Å²) in [5, 5.41) is 0. The SMILES string of the molecule is CC/C=C\C/C=C\C/C=C\C/C=C\C/C=C\C/C=C\CCCCC(=O)OCC(COC(=O)CCCCCCC/C=C\CCCCC)OC(=O)CCCCCCCCC/C=C\CCCCCCCCC. The molecule has 0 saturated carbocycles. The summed E-state index contributed by atoms with van der Waals surface area (Å²) in [4.78, 5) is 38.1. The Bertz CT molecular complexity index is 1380. The van der Waals surface area contributed by atoms with Crippen LogP contribution in [0.15, 0.2) is 97.2 Å². The quantitative estimate of drug-likeness (QED) is 0.0262. The molecule has 0 bridgehead atoms. The Labute approximate surface area is 426 Å². The Balaban J connectivity index is 4.45. The van der Waals surface area contributed by atoms with Crippen molar-refractivity contribution < 1.29 is 28.6 Å². The Kier molecular flexibility index (Phi) is 53.9. The minimum Gasteiger partial charge on any atom is -0.462 e. The molecule has 0 N–H and O–H groups in total. The molecule has 0 aliphatic heterocycles. The van der Waals surface area contributed by atoms with Crippen molar-refractivity contribution in [3.05, 3.63) is 97.2 Å². The molecule has 0 heterocycles. The molecule has 0 aromatic rings. The van der Waals surface area contributed by atoms with Crippen LogP contribution in [0.25, 0.3) is 0 Å². The van der Waals surface area contributed by atoms with Crippen LogP contribution in [0.2, 0.25) is 0 Å². The number of unbranched alkanes of at least 4 members (excludes halogenated alkanes) is 24. The van der Waals surface area contributed by atoms with Crippen molar-refractivity contribution in [1.29, 1.82) is 0 Å². The number of hydrogen-bond acceptors (Lipinski definition) is 6. The van der Waals surface area contributed by atoms with Gasteiger partial charge in [-0.05, 0) is 122 Å². The summed E-state index contributed by atoms with van der Waals surface area (Å²) in [5.41, 5.74) is 0. The van der Waals surface area contributed by atoms with E-state index in [9.17, 15) is 14.4 Å². The molecule has 394 valence electrons. The second-order valence-corrected chi connectivity index (χ2v) is 18.8. The van der Waals surface area contributed by atoms with Crippen molar-refractivity contribution in [2.45, 2.75) is 271 Å². The van der Waals surface area contributed by atoms with Crippen LogP contribution < -0.4 is 0 Å². The summed E-state index contributed by atoms with van der Waals surface area (Å²) in [6.45, 7) is 6.46. The molecule has 6 nitrogen and oxygen atoms in total. The second kappa shape index (κ2) is 56.9. The van der Waals surface area contributed by atoms with Crippen LogP contribution in [0, 0.1) is 0 Å². The normalized spacial score (nSPS) is 12.8. The molecule has 0 fully saturated rings. The highest BCUT2D eigenvalue weighted by molar-refractivity contribution is 5.71. The van der Waals surface area contributed by atoms with Gasteiger partial charge < -0.3 is 14.2 Å². The van der Waals surface area contributed by atoms with Crippen LogP contribution in [0.5, 0.6) is 0 Å². The Hall–Kier alpha value is -3.67. The van der Waals surface area contributed by atoms with Gasteiger partial charge in [-0.2, -0.15) is 0 Å². The third-order valence-electron chi connectivity index (χ3n) is 12.0. The predicted octanol–water partition coefficient (Wildman–Crippen LogP) is 19.3. The predicted molar refractivity (Wildman–Crippen MR) is 297 cm³/mol. The van der Waals surface area contributed by atoms with Gasteiger partial charge in [0.25, 0.3) is 0 Å². The van der Waals surface area contributed by atoms with Crippen molar-refractivity contribution in [1.82, 2.24) is 0 Å². The lowest BCUT2D eigenvalue weighted by Crippen LogP contribution is -2.30. The summed E-state index contributed by atoms with van der Waals surface area (Å²) in [7, 11) is 0. The first kappa shape index (κ1) is 65.3. The van der Waals surface area contributed by atoms with Crippen molar-refractivity contribution in [3.63, 3.8) is 0 Å². The highest BCUT2D eigenvalue weighted by Crippen LogP contribution is 2.14. The van der Waals surface area contributed by atoms with Crippen LogP contribution >= 0.6 is 0 Å². The third kappa shape index (κ3) is 55.1. The van der Waals surface area contributed by atoms with E-state index in [0.717, 1.165) is 109 Å². The Morgan fingerprint density at radius 1 is 0.304 bits per heavy atom. The zero-order valence-electron chi connectivity index (χ0n) is 45.0. The van der Waals surface area contributed by atoms with Gasteiger partial charge in [0.2, 0.25) is 0 Å². The monoisotopic (exact) mass is 959 g/mol. The summed E-state index contributed by atoms with van der Waals surface area (Å²) in [5.74, 6) is -0.953. The standard InChI is InChI=1S/C63H106O6/c1-4-7-10-13-16-19-22-25-27-29-31-32-33-35-36-38-41-44-47-50-53-56-62(65)68-59-60(58-67-61(64)55-52-49-46-43-40-24-21-18-15-12-9-6-3)69-63(66)57-54-51-48-45-42-39-37-34-30-28-26-23-20-17-14-11-8-5-2/h7,10,16,18-19,21,25,27-28,30-32,35-36,41,44,60H,4-6,8-9,11-15,17,20,22-24,26,29,33-34,37-40,42-43,45-59H2,1-3H3/b10-7-,19-16-,21-18-,27-25-,30-28-,32-31-,36-35-,44-41-. The minimum absolute atomic E-state index is 0.0978. The van der Waals surface area contributed by atoms with Gasteiger partial charge >= 0.3 is 17.9 Å². The summed E-state index contributed by atoms with van der Waals surface area (Å²) in [6.07, 6.45) is 75.4. The fourth-order valence-corrected chi connectivity index (χ4v) is 7.73. The summed E-state index contributed by atoms with van der Waals surface area (Å²) in [6, 6.07) is 0. The maximum absolute atomic E-state index is 12.9. The lowest BCUT2D eigenvalue weighted by molar-refractivity contribution is -0.167. The van der Waals surface area contributed by atoms with Crippen LogP contribution in [0.4, 0.5) is 0 Å². The van der Waals surface area contributed by atoms with Gasteiger partial charge in [-0.1, -0.05) is 221 Å². The number of carbonyl (C=O) groups excluding carboxylic acids is 3. The first-order chi connectivity index (χ1) is 34.0. The molecule has 69 heavy (non-hydrogen) atoms. The molecule has 1 unspecified atom stereocenters. The largest absolute Gasteiger partial charge is 0.462 e. The molecule has 0 radical (unpaired) electrons. The zero-order valence-corrected chi connectivity index (χ0v) is 45.0. The third-order valence-corrected chi connectivity index (χ3v) is 12.0. The van der Waals surface area contributed by atoms with Crippen LogP contribution in [0.3, 0.4) is 0 Å². The molecule has 0 spiro atoms. The molecule has 0 aromatic carbocycles. The van der Waals surface area contributed by atoms with Gasteiger partial charge in [0.05, 0.1) is 0 Å². The lowest BCUT2D eigenvalue weighted by atomic mass is 10.1. The molecule has 0 aliphatic rings. The van der Waals surface area contributed by atoms with Crippen molar-refractivity contribution in [3.8, 4) is 0 Å². The van der Waals surface area contributed by atoms with Crippen molar-refractivity contribution in [2.75, 3.05) is 13.2 Å². The molecule has 1 atom stereocenters. The second-order valence-electron chi connectivity index (χ2n) is 18.8. The highest BCUT2D eigenvalue weighted by atomic mass is 16.6. The maximum Gasteiger partial charge on any atom is 0.306 e. The molecule has 0 amide bonds. The van der Waals surface area contributed by atoms with E-state index in [1.54, 1.807) is 0 Å². The van der Waals surface area contributed by atoms with Crippen LogP contribution in [0.1, 0.15) is 265 Å². The van der Waals surface area contributed by atoms with Gasteiger partial charge in [0.1, 0.15) is 13.2 Å². The highest BCUT2D eigenvalue weighted by Gasteiger charge is 2.19. The van der Waals surface area contributed by atoms with E-state index in [4.69, 9.17) is 14.2 Å². The minimum atomic E-state index is -0.802. The molecule has 0 rings (SSSR count). The van der Waals surface area contributed by atoms with E-state index < -0.39 is 6.10 Å². The number of esters is 3. The van der Waals surface area contributed by atoms with E-state index in [-0.39, 0.29) is 31.1 Å². The molecule has 0 aliphatic carbocycles. The number of ether oxygens (including phenoxy) is 3. The number of carbonyl (C=O) groups is 3. The molecule has 6 heteroatoms. The fourth-order valence-electron chi connectivity index (χ4n) is 7.73. The van der Waals surface area contributed by atoms with Gasteiger partial charge in [-0.3, -0.25) is 14.4 Å². The van der Waals surface area contributed by atoms with E-state index in [2.05, 4.69) is 118 Å². The Morgan fingerprint density at radius 3 is 0.957 bits per heavy atom. The zero-order chi connectivity index (χ0) is 50.0. The Morgan fingerprint density at radius 2 is 0.565 bits per heavy atom. The lowest BCUT2D eigenvalue weighted by Gasteiger charge is -2.18. The van der Waals surface area contributed by atoms with E-state index in [1.807, 2.05) is 0 Å². The molecular formula is C63H106O6. The van der Waals surface area contributed by atoms with Gasteiger partial charge in [-0.15, -0.1) is 0 Å². The van der Waals surface area contributed by atoms with E-state index >= 15 is 0 Å². The van der Waals surface area contributed by atoms with Crippen molar-refractivity contribution in [2.24, 2.45) is 0 Å². The maximum atomic E-state index is 12.9. The van der Waals surface area contributed by atoms with Gasteiger partial charge in [0.15, 0.2) is 6.10 Å². The smallest absolute Gasteiger partial charge is 0.306 e. The molecular weight excluding hydrogens is 853 g/mol. The van der Waals surface area contributed by atoms with Gasteiger partial charge in [0, 0.05) is 19.3 Å². The van der Waals surface area contributed by atoms with Gasteiger partial charge in [-0.25, -0.2) is 0 Å². The molecule has 0 aromatic heterocycles. The van der Waals surface area contributed by atoms with Crippen molar-refractivity contribution >= 4 is 17.9 Å². The topological polar surface area (TPSA) is 78.9 Å². The first-order valence-electron chi connectivity index (χ1n) is 28.7. The van der Waals surface area contributed by atoms with Crippen LogP contribution in [-0.4, -0.2) is 37.2 Å². The number of hydrogen-bond donors (Lipinski definition) is 0. The average molecular weight is 960 g/mol.